The van der Waals surface area contributed by atoms with Crippen molar-refractivity contribution in [2.75, 3.05) is 23.0 Å². The third-order valence-electron chi connectivity index (χ3n) is 5.39. The first-order valence-corrected chi connectivity index (χ1v) is 12.3. The highest BCUT2D eigenvalue weighted by molar-refractivity contribution is 7.92. The molecular formula is C23H30N2O5S. The van der Waals surface area contributed by atoms with Crippen LogP contribution in [0.25, 0.3) is 0 Å². The van der Waals surface area contributed by atoms with Crippen molar-refractivity contribution in [3.05, 3.63) is 48.0 Å². The van der Waals surface area contributed by atoms with Crippen LogP contribution in [-0.2, 0) is 14.8 Å². The summed E-state index contributed by atoms with van der Waals surface area (Å²) in [4.78, 5) is 12.9. The highest BCUT2D eigenvalue weighted by Gasteiger charge is 2.31. The largest absolute Gasteiger partial charge is 0.495 e. The fourth-order valence-corrected chi connectivity index (χ4v) is 4.99. The van der Waals surface area contributed by atoms with E-state index in [1.807, 2.05) is 25.1 Å². The van der Waals surface area contributed by atoms with E-state index >= 15 is 0 Å². The molecule has 1 fully saturated rings. The Labute approximate surface area is 184 Å². The molecule has 31 heavy (non-hydrogen) atoms. The number of ether oxygens (including phenoxy) is 2. The van der Waals surface area contributed by atoms with Crippen LogP contribution in [0.3, 0.4) is 0 Å². The van der Waals surface area contributed by atoms with Crippen LogP contribution >= 0.6 is 0 Å². The number of carbonyl (C=O) groups excluding carboxylic acids is 1. The number of methoxy groups -OCH3 is 1. The summed E-state index contributed by atoms with van der Waals surface area (Å²) >= 11 is 0. The van der Waals surface area contributed by atoms with E-state index in [9.17, 15) is 13.2 Å². The van der Waals surface area contributed by atoms with Crippen molar-refractivity contribution in [1.82, 2.24) is 0 Å². The molecule has 1 amide bonds. The van der Waals surface area contributed by atoms with E-state index < -0.39 is 22.0 Å². The number of carbonyl (C=O) groups is 1. The summed E-state index contributed by atoms with van der Waals surface area (Å²) in [6.45, 7) is 3.40. The molecule has 0 aromatic heterocycles. The SMILES string of the molecule is COc1ccc(C)cc1N([C@@H](C)C(=O)Nc1ccc(OC2CCCC2)cc1)S(C)(=O)=O. The van der Waals surface area contributed by atoms with E-state index in [1.165, 1.54) is 20.0 Å². The van der Waals surface area contributed by atoms with Crippen molar-refractivity contribution in [2.24, 2.45) is 0 Å². The van der Waals surface area contributed by atoms with Crippen LogP contribution in [0, 0.1) is 6.92 Å². The summed E-state index contributed by atoms with van der Waals surface area (Å²) in [6, 6.07) is 11.4. The number of sulfonamides is 1. The number of nitrogens with one attached hydrogen (secondary N) is 1. The Balaban J connectivity index is 1.77. The van der Waals surface area contributed by atoms with Gasteiger partial charge in [-0.15, -0.1) is 0 Å². The molecule has 1 atom stereocenters. The van der Waals surface area contributed by atoms with Gasteiger partial charge in [-0.25, -0.2) is 8.42 Å². The summed E-state index contributed by atoms with van der Waals surface area (Å²) in [6.07, 6.45) is 5.86. The van der Waals surface area contributed by atoms with E-state index in [-0.39, 0.29) is 6.10 Å². The highest BCUT2D eigenvalue weighted by Crippen LogP contribution is 2.33. The molecule has 2 aromatic carbocycles. The zero-order valence-corrected chi connectivity index (χ0v) is 19.2. The molecule has 2 aromatic rings. The molecule has 0 aliphatic heterocycles. The van der Waals surface area contributed by atoms with Crippen LogP contribution in [0.2, 0.25) is 0 Å². The number of aryl methyl sites for hydroxylation is 1. The third kappa shape index (κ3) is 5.70. The number of rotatable bonds is 8. The van der Waals surface area contributed by atoms with Gasteiger partial charge in [-0.05, 0) is 81.5 Å². The van der Waals surface area contributed by atoms with Crippen LogP contribution in [0.15, 0.2) is 42.5 Å². The average Bonchev–Trinajstić information content (AvgIpc) is 3.22. The van der Waals surface area contributed by atoms with Gasteiger partial charge in [0, 0.05) is 5.69 Å². The van der Waals surface area contributed by atoms with Gasteiger partial charge in [-0.1, -0.05) is 6.07 Å². The summed E-state index contributed by atoms with van der Waals surface area (Å²) in [5.41, 5.74) is 1.75. The van der Waals surface area contributed by atoms with Crippen molar-refractivity contribution < 1.29 is 22.7 Å². The number of hydrogen-bond acceptors (Lipinski definition) is 5. The van der Waals surface area contributed by atoms with Crippen molar-refractivity contribution in [1.29, 1.82) is 0 Å². The van der Waals surface area contributed by atoms with Crippen molar-refractivity contribution in [3.8, 4) is 11.5 Å². The standard InChI is InChI=1S/C23H30N2O5S/c1-16-9-14-22(29-3)21(15-16)25(31(4,27)28)17(2)23(26)24-18-10-12-20(13-11-18)30-19-7-5-6-8-19/h9-15,17,19H,5-8H2,1-4H3,(H,24,26)/t17-/m0/s1. The lowest BCUT2D eigenvalue weighted by atomic mass is 10.2. The fraction of sp³-hybridized carbons (Fsp3) is 0.435. The Kier molecular flexibility index (Phi) is 7.10. The van der Waals surface area contributed by atoms with E-state index in [1.54, 1.807) is 31.2 Å². The maximum atomic E-state index is 12.9. The van der Waals surface area contributed by atoms with Gasteiger partial charge in [-0.2, -0.15) is 0 Å². The van der Waals surface area contributed by atoms with Crippen molar-refractivity contribution in [3.63, 3.8) is 0 Å². The lowest BCUT2D eigenvalue weighted by Crippen LogP contribution is -2.45. The quantitative estimate of drug-likeness (QED) is 0.659. The Bertz CT molecular complexity index is 1010. The monoisotopic (exact) mass is 446 g/mol. The molecule has 168 valence electrons. The zero-order valence-electron chi connectivity index (χ0n) is 18.4. The van der Waals surface area contributed by atoms with Crippen LogP contribution in [0.4, 0.5) is 11.4 Å². The van der Waals surface area contributed by atoms with Gasteiger partial charge in [0.25, 0.3) is 0 Å². The third-order valence-corrected chi connectivity index (χ3v) is 6.61. The van der Waals surface area contributed by atoms with Crippen LogP contribution in [0.5, 0.6) is 11.5 Å². The second-order valence-electron chi connectivity index (χ2n) is 7.95. The fourth-order valence-electron chi connectivity index (χ4n) is 3.82. The molecule has 0 heterocycles. The summed E-state index contributed by atoms with van der Waals surface area (Å²) in [7, 11) is -2.28. The Morgan fingerprint density at radius 1 is 1.13 bits per heavy atom. The molecule has 7 nitrogen and oxygen atoms in total. The highest BCUT2D eigenvalue weighted by atomic mass is 32.2. The molecule has 1 aliphatic rings. The van der Waals surface area contributed by atoms with Gasteiger partial charge in [-0.3, -0.25) is 9.10 Å². The molecule has 3 rings (SSSR count). The van der Waals surface area contributed by atoms with Crippen molar-refractivity contribution in [2.45, 2.75) is 51.7 Å². The van der Waals surface area contributed by atoms with Gasteiger partial charge >= 0.3 is 0 Å². The predicted molar refractivity (Wildman–Crippen MR) is 122 cm³/mol. The smallest absolute Gasteiger partial charge is 0.247 e. The number of anilines is 2. The van der Waals surface area contributed by atoms with Gasteiger partial charge in [0.15, 0.2) is 0 Å². The average molecular weight is 447 g/mol. The van der Waals surface area contributed by atoms with Gasteiger partial charge in [0.2, 0.25) is 15.9 Å². The molecule has 1 aliphatic carbocycles. The minimum Gasteiger partial charge on any atom is -0.495 e. The van der Waals surface area contributed by atoms with Gasteiger partial charge in [0.05, 0.1) is 25.2 Å². The molecular weight excluding hydrogens is 416 g/mol. The topological polar surface area (TPSA) is 84.9 Å². The van der Waals surface area contributed by atoms with Gasteiger partial charge in [0.1, 0.15) is 17.5 Å². The molecule has 0 saturated heterocycles. The van der Waals surface area contributed by atoms with E-state index in [0.717, 1.165) is 34.7 Å². The van der Waals surface area contributed by atoms with E-state index in [4.69, 9.17) is 9.47 Å². The second-order valence-corrected chi connectivity index (χ2v) is 9.81. The number of amides is 1. The normalized spacial score (nSPS) is 15.4. The Morgan fingerprint density at radius 3 is 2.35 bits per heavy atom. The summed E-state index contributed by atoms with van der Waals surface area (Å²) < 4.78 is 37.6. The number of hydrogen-bond donors (Lipinski definition) is 1. The van der Waals surface area contributed by atoms with E-state index in [0.29, 0.717) is 17.1 Å². The van der Waals surface area contributed by atoms with Crippen LogP contribution in [0.1, 0.15) is 38.2 Å². The van der Waals surface area contributed by atoms with E-state index in [2.05, 4.69) is 5.32 Å². The minimum absolute atomic E-state index is 0.257. The molecule has 1 saturated carbocycles. The summed E-state index contributed by atoms with van der Waals surface area (Å²) in [5.74, 6) is 0.697. The molecule has 1 N–H and O–H groups in total. The molecule has 0 radical (unpaired) electrons. The predicted octanol–water partition coefficient (Wildman–Crippen LogP) is 4.12. The second kappa shape index (κ2) is 9.60. The molecule has 0 unspecified atom stereocenters. The van der Waals surface area contributed by atoms with Crippen LogP contribution in [-0.4, -0.2) is 39.8 Å². The maximum absolute atomic E-state index is 12.9. The van der Waals surface area contributed by atoms with Gasteiger partial charge < -0.3 is 14.8 Å². The Hall–Kier alpha value is -2.74. The minimum atomic E-state index is -3.75. The zero-order chi connectivity index (χ0) is 22.6. The van der Waals surface area contributed by atoms with Crippen LogP contribution < -0.4 is 19.1 Å². The number of nitrogens with zero attached hydrogens (tertiary/aromatic N) is 1. The Morgan fingerprint density at radius 2 is 1.77 bits per heavy atom. The molecule has 0 bridgehead atoms. The molecule has 8 heteroatoms. The first-order valence-electron chi connectivity index (χ1n) is 10.4. The molecule has 0 spiro atoms. The lowest BCUT2D eigenvalue weighted by Gasteiger charge is -2.29. The number of benzene rings is 2. The van der Waals surface area contributed by atoms with Crippen molar-refractivity contribution >= 4 is 27.3 Å². The first kappa shape index (κ1) is 22.9. The first-order chi connectivity index (χ1) is 14.7. The maximum Gasteiger partial charge on any atom is 0.247 e. The summed E-state index contributed by atoms with van der Waals surface area (Å²) in [5, 5.41) is 2.80. The lowest BCUT2D eigenvalue weighted by molar-refractivity contribution is -0.116.